The van der Waals surface area contributed by atoms with Gasteiger partial charge in [-0.15, -0.1) is 0 Å². The highest BCUT2D eigenvalue weighted by molar-refractivity contribution is 7.89. The highest BCUT2D eigenvalue weighted by Crippen LogP contribution is 2.44. The Hall–Kier alpha value is -1.95. The Labute approximate surface area is 207 Å². The van der Waals surface area contributed by atoms with E-state index in [1.807, 2.05) is 4.90 Å². The molecule has 1 saturated carbocycles. The van der Waals surface area contributed by atoms with Crippen molar-refractivity contribution in [2.75, 3.05) is 26.2 Å². The predicted octanol–water partition coefficient (Wildman–Crippen LogP) is 4.13. The van der Waals surface area contributed by atoms with Crippen molar-refractivity contribution in [3.63, 3.8) is 0 Å². The number of carbonyl (C=O) groups is 1. The second-order valence-corrected chi connectivity index (χ2v) is 11.7. The minimum atomic E-state index is -3.76. The molecule has 2 fully saturated rings. The summed E-state index contributed by atoms with van der Waals surface area (Å²) in [6.07, 6.45) is 2.90. The van der Waals surface area contributed by atoms with Crippen LogP contribution in [0.5, 0.6) is 0 Å². The first-order chi connectivity index (χ1) is 16.4. The zero-order chi connectivity index (χ0) is 25.4. The summed E-state index contributed by atoms with van der Waals surface area (Å²) in [5.74, 6) is -3.88. The Kier molecular flexibility index (Phi) is 7.34. The van der Waals surface area contributed by atoms with Gasteiger partial charge < -0.3 is 4.57 Å². The second kappa shape index (κ2) is 9.84. The molecule has 1 saturated heterocycles. The van der Waals surface area contributed by atoms with Gasteiger partial charge >= 0.3 is 0 Å². The maximum atomic E-state index is 14.2. The summed E-state index contributed by atoms with van der Waals surface area (Å²) in [4.78, 5) is 18.8. The van der Waals surface area contributed by atoms with Crippen LogP contribution in [0, 0.1) is 5.82 Å². The lowest BCUT2D eigenvalue weighted by Crippen LogP contribution is -2.59. The number of halogens is 4. The molecule has 1 aliphatic heterocycles. The molecule has 2 aromatic rings. The summed E-state index contributed by atoms with van der Waals surface area (Å²) in [5.41, 5.74) is -0.752. The van der Waals surface area contributed by atoms with Crippen LogP contribution >= 0.6 is 11.6 Å². The van der Waals surface area contributed by atoms with Crippen molar-refractivity contribution in [1.82, 2.24) is 18.8 Å². The van der Waals surface area contributed by atoms with Gasteiger partial charge in [-0.1, -0.05) is 11.6 Å². The SMILES string of the molecule is Cn1cnc(S(=O)(=O)N2CCN(C3(CCC(=O)c4ccc(Cl)cc4F)CCC(F)(F)CC3)CC2)c1. The van der Waals surface area contributed by atoms with Gasteiger partial charge in [0.05, 0.1) is 11.9 Å². The largest absolute Gasteiger partial charge is 0.339 e. The topological polar surface area (TPSA) is 75.5 Å². The average Bonchev–Trinajstić information content (AvgIpc) is 3.26. The van der Waals surface area contributed by atoms with E-state index in [2.05, 4.69) is 4.98 Å². The quantitative estimate of drug-likeness (QED) is 0.501. The van der Waals surface area contributed by atoms with Crippen LogP contribution in [-0.2, 0) is 17.1 Å². The molecule has 12 heteroatoms. The fourth-order valence-corrected chi connectivity index (χ4v) is 6.61. The lowest BCUT2D eigenvalue weighted by molar-refractivity contribution is -0.0891. The fraction of sp³-hybridized carbons (Fsp3) is 0.565. The monoisotopic (exact) mass is 532 g/mol. The van der Waals surface area contributed by atoms with Gasteiger partial charge in [-0.2, -0.15) is 4.31 Å². The number of benzene rings is 1. The number of aromatic nitrogens is 2. The summed E-state index contributed by atoms with van der Waals surface area (Å²) in [5, 5.41) is 0.152. The van der Waals surface area contributed by atoms with Gasteiger partial charge in [-0.3, -0.25) is 9.69 Å². The Morgan fingerprint density at radius 3 is 2.34 bits per heavy atom. The van der Waals surface area contributed by atoms with E-state index in [9.17, 15) is 26.4 Å². The first-order valence-corrected chi connectivity index (χ1v) is 13.3. The number of piperazine rings is 1. The number of Topliss-reactive ketones (excluding diaryl/α,β-unsaturated/α-hetero) is 1. The van der Waals surface area contributed by atoms with Gasteiger partial charge in [0.15, 0.2) is 10.8 Å². The minimum absolute atomic E-state index is 0.00340. The number of alkyl halides is 2. The van der Waals surface area contributed by atoms with Crippen molar-refractivity contribution in [2.45, 2.75) is 55.0 Å². The van der Waals surface area contributed by atoms with Crippen LogP contribution in [0.25, 0.3) is 0 Å². The summed E-state index contributed by atoms with van der Waals surface area (Å²) in [7, 11) is -2.07. The third kappa shape index (κ3) is 5.58. The van der Waals surface area contributed by atoms with Gasteiger partial charge in [-0.25, -0.2) is 26.6 Å². The number of aryl methyl sites for hydroxylation is 1. The Bertz CT molecular complexity index is 1190. The van der Waals surface area contributed by atoms with Crippen LogP contribution in [0.15, 0.2) is 35.7 Å². The molecule has 4 rings (SSSR count). The highest BCUT2D eigenvalue weighted by atomic mass is 35.5. The third-order valence-electron chi connectivity index (χ3n) is 7.16. The van der Waals surface area contributed by atoms with Gasteiger partial charge in [0, 0.05) is 69.2 Å². The fourth-order valence-electron chi connectivity index (χ4n) is 5.06. The summed E-state index contributed by atoms with van der Waals surface area (Å²) >= 11 is 5.77. The maximum absolute atomic E-state index is 14.2. The number of carbonyl (C=O) groups excluding carboxylic acids is 1. The van der Waals surface area contributed by atoms with Crippen LogP contribution in [-0.4, -0.2) is 70.6 Å². The molecule has 35 heavy (non-hydrogen) atoms. The van der Waals surface area contributed by atoms with Crippen LogP contribution in [0.1, 0.15) is 48.9 Å². The summed E-state index contributed by atoms with van der Waals surface area (Å²) in [6, 6.07) is 3.85. The van der Waals surface area contributed by atoms with E-state index in [0.717, 1.165) is 6.07 Å². The molecule has 1 aromatic heterocycles. The summed E-state index contributed by atoms with van der Waals surface area (Å²) in [6.45, 7) is 1.08. The van der Waals surface area contributed by atoms with Crippen LogP contribution in [0.4, 0.5) is 13.2 Å². The molecule has 192 valence electrons. The van der Waals surface area contributed by atoms with E-state index in [-0.39, 0.29) is 67.2 Å². The van der Waals surface area contributed by atoms with Gasteiger partial charge in [-0.05, 0) is 37.5 Å². The number of hydrogen-bond donors (Lipinski definition) is 0. The summed E-state index contributed by atoms with van der Waals surface area (Å²) < 4.78 is 71.0. The molecule has 0 bridgehead atoms. The van der Waals surface area contributed by atoms with Crippen LogP contribution in [0.3, 0.4) is 0 Å². The Morgan fingerprint density at radius 1 is 1.11 bits per heavy atom. The molecular weight excluding hydrogens is 505 g/mol. The van der Waals surface area contributed by atoms with Crippen molar-refractivity contribution in [1.29, 1.82) is 0 Å². The molecule has 1 aliphatic carbocycles. The standard InChI is InChI=1S/C23H28ClF3N4O3S/c1-29-15-21(28-16-29)35(33,34)31-12-10-30(11-13-31)22(6-8-23(26,27)9-7-22)5-4-20(32)18-3-2-17(24)14-19(18)25/h2-3,14-16H,4-13H2,1H3. The molecular formula is C23H28ClF3N4O3S. The van der Waals surface area contributed by atoms with Crippen molar-refractivity contribution in [2.24, 2.45) is 7.05 Å². The first-order valence-electron chi connectivity index (χ1n) is 11.5. The predicted molar refractivity (Wildman–Crippen MR) is 125 cm³/mol. The lowest BCUT2D eigenvalue weighted by atomic mass is 9.74. The normalized spacial score (nSPS) is 21.2. The number of nitrogens with zero attached hydrogens (tertiary/aromatic N) is 4. The van der Waals surface area contributed by atoms with Crippen LogP contribution in [0.2, 0.25) is 5.02 Å². The smallest absolute Gasteiger partial charge is 0.262 e. The van der Waals surface area contributed by atoms with Crippen molar-refractivity contribution >= 4 is 27.4 Å². The number of hydrogen-bond acceptors (Lipinski definition) is 5. The van der Waals surface area contributed by atoms with Gasteiger partial charge in [0.1, 0.15) is 5.82 Å². The Balaban J connectivity index is 1.47. The van der Waals surface area contributed by atoms with E-state index in [0.29, 0.717) is 13.1 Å². The number of imidazole rings is 1. The number of sulfonamides is 1. The van der Waals surface area contributed by atoms with Crippen molar-refractivity contribution in [3.05, 3.63) is 47.1 Å². The molecule has 1 aromatic carbocycles. The van der Waals surface area contributed by atoms with E-state index in [1.54, 1.807) is 11.6 Å². The lowest BCUT2D eigenvalue weighted by Gasteiger charge is -2.50. The number of ketones is 1. The van der Waals surface area contributed by atoms with Crippen molar-refractivity contribution < 1.29 is 26.4 Å². The van der Waals surface area contributed by atoms with Crippen LogP contribution < -0.4 is 0 Å². The minimum Gasteiger partial charge on any atom is -0.339 e. The molecule has 2 heterocycles. The van der Waals surface area contributed by atoms with E-state index >= 15 is 0 Å². The molecule has 7 nitrogen and oxygen atoms in total. The first kappa shape index (κ1) is 26.1. The molecule has 0 N–H and O–H groups in total. The molecule has 2 aliphatic rings. The molecule has 0 unspecified atom stereocenters. The zero-order valence-electron chi connectivity index (χ0n) is 19.4. The Morgan fingerprint density at radius 2 is 1.77 bits per heavy atom. The molecule has 0 spiro atoms. The second-order valence-electron chi connectivity index (χ2n) is 9.40. The van der Waals surface area contributed by atoms with Gasteiger partial charge in [0.25, 0.3) is 10.0 Å². The highest BCUT2D eigenvalue weighted by Gasteiger charge is 2.47. The molecule has 0 atom stereocenters. The number of rotatable bonds is 7. The van der Waals surface area contributed by atoms with E-state index in [4.69, 9.17) is 11.6 Å². The average molecular weight is 533 g/mol. The van der Waals surface area contributed by atoms with Crippen molar-refractivity contribution in [3.8, 4) is 0 Å². The molecule has 0 amide bonds. The maximum Gasteiger partial charge on any atom is 0.262 e. The van der Waals surface area contributed by atoms with E-state index in [1.165, 1.54) is 29.0 Å². The third-order valence-corrected chi connectivity index (χ3v) is 9.18. The van der Waals surface area contributed by atoms with E-state index < -0.39 is 33.1 Å². The van der Waals surface area contributed by atoms with Gasteiger partial charge in [0.2, 0.25) is 5.92 Å². The molecule has 0 radical (unpaired) electrons. The zero-order valence-corrected chi connectivity index (χ0v) is 21.0.